The molecule has 0 bridgehead atoms. The van der Waals surface area contributed by atoms with Gasteiger partial charge < -0.3 is 0 Å². The van der Waals surface area contributed by atoms with Crippen molar-refractivity contribution >= 4 is 80.2 Å². The van der Waals surface area contributed by atoms with Gasteiger partial charge in [-0.3, -0.25) is 0 Å². The fourth-order valence-corrected chi connectivity index (χ4v) is 0. The van der Waals surface area contributed by atoms with Crippen LogP contribution in [0.5, 0.6) is 0 Å². The van der Waals surface area contributed by atoms with E-state index in [1.165, 1.54) is 0 Å². The molecule has 0 spiro atoms. The molecular weight excluding hydrogens is 550 g/mol. The minimum Gasteiger partial charge on any atom is 0 e. The van der Waals surface area contributed by atoms with Crippen molar-refractivity contribution in [3.63, 3.8) is 0 Å². The summed E-state index contributed by atoms with van der Waals surface area (Å²) in [7, 11) is 0. The Balaban J connectivity index is -0.00000000500. The fraction of sp³-hybridized carbons (Fsp3) is 0. The van der Waals surface area contributed by atoms with E-state index in [4.69, 9.17) is 0 Å². The maximum absolute atomic E-state index is 2.34. The molecule has 0 amide bonds. The van der Waals surface area contributed by atoms with Gasteiger partial charge in [0.1, 0.15) is 0 Å². The molecule has 0 rings (SSSR count). The third-order valence-corrected chi connectivity index (χ3v) is 0. The molecule has 0 atom stereocenters. The van der Waals surface area contributed by atoms with Gasteiger partial charge in [-0.25, -0.2) is 0 Å². The van der Waals surface area contributed by atoms with Gasteiger partial charge in [-0.1, -0.05) is 0 Å². The van der Waals surface area contributed by atoms with Crippen LogP contribution >= 0.6 is 11.3 Å². The van der Waals surface area contributed by atoms with Crippen LogP contribution in [0.3, 0.4) is 0 Å². The van der Waals surface area contributed by atoms with Crippen LogP contribution in [0.15, 0.2) is 0 Å². The Morgan fingerprint density at radius 3 is 1.25 bits per heavy atom. The van der Waals surface area contributed by atoms with Crippen molar-refractivity contribution in [1.82, 2.24) is 0 Å². The third kappa shape index (κ3) is 9.70. The van der Waals surface area contributed by atoms with Crippen LogP contribution < -0.4 is 0 Å². The molecule has 0 aromatic heterocycles. The SMILES string of the molecule is [BiH3].[K][I].[Lu]. The molecule has 4 heavy (non-hydrogen) atoms. The zero-order valence-electron chi connectivity index (χ0n) is 2.34. The second kappa shape index (κ2) is 15.6. The second-order valence-electron chi connectivity index (χ2n) is 0. The van der Waals surface area contributed by atoms with Crippen molar-refractivity contribution in [2.75, 3.05) is 0 Å². The quantitative estimate of drug-likeness (QED) is 0.276. The van der Waals surface area contributed by atoms with Gasteiger partial charge in [-0.2, -0.15) is 0 Å². The van der Waals surface area contributed by atoms with Gasteiger partial charge >= 0.3 is 80.2 Å². The Morgan fingerprint density at radius 1 is 1.25 bits per heavy atom. The van der Waals surface area contributed by atoms with E-state index in [1.54, 1.807) is 0 Å². The maximum Gasteiger partial charge on any atom is 0 e. The summed E-state index contributed by atoms with van der Waals surface area (Å²) >= 11 is 3.37. The predicted octanol–water partition coefficient (Wildman–Crippen LogP) is -0.679. The molecule has 31 valence electrons. The third-order valence-electron chi connectivity index (χ3n) is 0. The Hall–Kier alpha value is 4.48. The Kier molecular flexibility index (Phi) is 61.8. The molecule has 0 aliphatic heterocycles. The van der Waals surface area contributed by atoms with E-state index in [-0.39, 0.29) is 63.1 Å². The zero-order chi connectivity index (χ0) is 2.00. The van der Waals surface area contributed by atoms with Crippen molar-refractivity contribution in [2.24, 2.45) is 0 Å². The fourth-order valence-electron chi connectivity index (χ4n) is 0. The average molecular weight is 553 g/mol. The molecule has 0 aliphatic carbocycles. The first kappa shape index (κ1) is 15.8. The minimum absolute atomic E-state index is 0. The van der Waals surface area contributed by atoms with E-state index in [2.05, 4.69) is 11.3 Å². The molecule has 0 aromatic carbocycles. The summed E-state index contributed by atoms with van der Waals surface area (Å²) < 4.78 is 0. The topological polar surface area (TPSA) is 0 Å². The molecule has 0 fully saturated rings. The molecule has 0 saturated heterocycles. The molecule has 0 N–H and O–H groups in total. The molecule has 0 heterocycles. The molecule has 0 nitrogen and oxygen atoms in total. The number of hydrogen-bond acceptors (Lipinski definition) is 0. The van der Waals surface area contributed by atoms with Gasteiger partial charge in [0.15, 0.2) is 0 Å². The van der Waals surface area contributed by atoms with E-state index in [0.29, 0.717) is 0 Å². The number of rotatable bonds is 0. The van der Waals surface area contributed by atoms with Crippen molar-refractivity contribution < 1.29 is 36.9 Å². The second-order valence-corrected chi connectivity index (χ2v) is 0. The summed E-state index contributed by atoms with van der Waals surface area (Å²) in [4.78, 5) is 0. The maximum atomic E-state index is 2.34. The van der Waals surface area contributed by atoms with Crippen LogP contribution in [0.25, 0.3) is 0 Å². The normalized spacial score (nSPS) is 1.75. The van der Waals surface area contributed by atoms with Crippen molar-refractivity contribution in [3.8, 4) is 0 Å². The molecule has 0 unspecified atom stereocenters. The van der Waals surface area contributed by atoms with Gasteiger partial charge in [0.25, 0.3) is 0 Å². The zero-order valence-corrected chi connectivity index (χ0v) is 14.8. The molecular formula is H3BiIKLu. The van der Waals surface area contributed by atoms with Crippen molar-refractivity contribution in [3.05, 3.63) is 0 Å². The minimum atomic E-state index is 0. The van der Waals surface area contributed by atoms with Crippen molar-refractivity contribution in [2.45, 2.75) is 0 Å². The first-order valence-corrected chi connectivity index (χ1v) is 10.5. The summed E-state index contributed by atoms with van der Waals surface area (Å²) in [6, 6.07) is 0. The Bertz CT molecular complexity index is 8.00. The largest absolute Gasteiger partial charge is 0 e. The summed E-state index contributed by atoms with van der Waals surface area (Å²) in [5, 5.41) is 0. The van der Waals surface area contributed by atoms with Gasteiger partial charge in [0.2, 0.25) is 0 Å². The first-order chi connectivity index (χ1) is 1.00. The Labute approximate surface area is 113 Å². The van der Waals surface area contributed by atoms with Gasteiger partial charge in [0.05, 0.1) is 0 Å². The summed E-state index contributed by atoms with van der Waals surface area (Å²) in [6.45, 7) is 0. The average Bonchev–Trinajstić information content (AvgIpc) is 1.00. The smallest absolute Gasteiger partial charge is 0 e. The van der Waals surface area contributed by atoms with E-state index in [9.17, 15) is 0 Å². The van der Waals surface area contributed by atoms with Crippen LogP contribution in [0.4, 0.5) is 0 Å². The predicted molar refractivity (Wildman–Crippen MR) is 29.7 cm³/mol. The number of hydrogen-bond donors (Lipinski definition) is 0. The summed E-state index contributed by atoms with van der Waals surface area (Å²) in [6.07, 6.45) is 0. The molecule has 1 radical (unpaired) electrons. The molecule has 0 saturated carbocycles. The van der Waals surface area contributed by atoms with E-state index < -0.39 is 0 Å². The van der Waals surface area contributed by atoms with Crippen LogP contribution in [-0.4, -0.2) is 68.9 Å². The van der Waals surface area contributed by atoms with Crippen LogP contribution in [0.1, 0.15) is 0 Å². The monoisotopic (exact) mass is 553 g/mol. The van der Waals surface area contributed by atoms with Crippen LogP contribution in [0, 0.1) is 36.9 Å². The molecule has 0 aliphatic rings. The molecule has 0 aromatic rings. The first-order valence-electron chi connectivity index (χ1n) is 0.378. The number of halogens is 1. The Morgan fingerprint density at radius 2 is 1.25 bits per heavy atom. The van der Waals surface area contributed by atoms with Gasteiger partial charge in [-0.15, -0.1) is 0 Å². The van der Waals surface area contributed by atoms with Crippen LogP contribution in [-0.2, 0) is 0 Å². The van der Waals surface area contributed by atoms with E-state index in [0.717, 1.165) is 42.7 Å². The van der Waals surface area contributed by atoms with Gasteiger partial charge in [0, 0.05) is 36.9 Å². The molecule has 4 heteroatoms. The summed E-state index contributed by atoms with van der Waals surface area (Å²) in [5.41, 5.74) is 0. The van der Waals surface area contributed by atoms with Gasteiger partial charge in [-0.05, 0) is 0 Å². The van der Waals surface area contributed by atoms with Crippen LogP contribution in [0.2, 0.25) is 0 Å². The van der Waals surface area contributed by atoms with E-state index >= 15 is 0 Å². The van der Waals surface area contributed by atoms with Crippen molar-refractivity contribution in [1.29, 1.82) is 0 Å². The van der Waals surface area contributed by atoms with E-state index in [1.807, 2.05) is 0 Å². The standard InChI is InChI=1S/Bi.HI.K.Lu.3H/h;1H;;;;;/q;;+1;;;;/p-1. The summed E-state index contributed by atoms with van der Waals surface area (Å²) in [5.74, 6) is 0.